The minimum absolute atomic E-state index is 0.0326. The lowest BCUT2D eigenvalue weighted by Gasteiger charge is -2.27. The van der Waals surface area contributed by atoms with Crippen molar-refractivity contribution in [2.75, 3.05) is 40.9 Å². The first kappa shape index (κ1) is 73.2. The summed E-state index contributed by atoms with van der Waals surface area (Å²) >= 11 is 0. The fraction of sp³-hybridized carbons (Fsp3) is 0.758. The van der Waals surface area contributed by atoms with Crippen LogP contribution in [0.3, 0.4) is 0 Å². The first-order valence-electron chi connectivity index (χ1n) is 31.4. The molecule has 0 saturated heterocycles. The van der Waals surface area contributed by atoms with Crippen LogP contribution in [0.5, 0.6) is 0 Å². The highest BCUT2D eigenvalue weighted by atomic mass is 31.2. The average molecular weight is 1080 g/mol. The molecule has 2 N–H and O–H groups in total. The number of esters is 1. The van der Waals surface area contributed by atoms with Gasteiger partial charge in [-0.1, -0.05) is 241 Å². The Kier molecular flexibility index (Phi) is 53.5. The fourth-order valence-electron chi connectivity index (χ4n) is 8.68. The van der Waals surface area contributed by atoms with Crippen LogP contribution >= 0.6 is 7.82 Å². The van der Waals surface area contributed by atoms with Gasteiger partial charge in [0.25, 0.3) is 0 Å². The number of phosphoric acid groups is 1. The Bertz CT molecular complexity index is 1580. The lowest BCUT2D eigenvalue weighted by atomic mass is 10.0. The van der Waals surface area contributed by atoms with Crippen molar-refractivity contribution >= 4 is 19.7 Å². The third-order valence-corrected chi connectivity index (χ3v) is 14.6. The van der Waals surface area contributed by atoms with Crippen LogP contribution in [0.1, 0.15) is 271 Å². The lowest BCUT2D eigenvalue weighted by Crippen LogP contribution is -2.47. The molecule has 0 rings (SSSR count). The molecule has 0 radical (unpaired) electrons. The van der Waals surface area contributed by atoms with Crippen LogP contribution in [0.15, 0.2) is 85.1 Å². The summed E-state index contributed by atoms with van der Waals surface area (Å²) in [6.07, 6.45) is 72.9. The molecule has 0 spiro atoms. The highest BCUT2D eigenvalue weighted by Crippen LogP contribution is 2.43. The number of ether oxygens (including phenoxy) is 1. The van der Waals surface area contributed by atoms with Crippen molar-refractivity contribution in [3.05, 3.63) is 85.1 Å². The van der Waals surface area contributed by atoms with E-state index < -0.39 is 20.0 Å². The number of unbranched alkanes of at least 4 members (excludes halogenated alkanes) is 29. The zero-order chi connectivity index (χ0) is 55.7. The van der Waals surface area contributed by atoms with Crippen LogP contribution in [0.2, 0.25) is 0 Å². The number of carbonyl (C=O) groups excluding carboxylic acids is 2. The van der Waals surface area contributed by atoms with Crippen molar-refractivity contribution in [2.24, 2.45) is 0 Å². The van der Waals surface area contributed by atoms with Gasteiger partial charge in [0.05, 0.1) is 33.8 Å². The van der Waals surface area contributed by atoms with Crippen molar-refractivity contribution in [3.63, 3.8) is 0 Å². The normalized spacial score (nSPS) is 14.2. The predicted octanol–water partition coefficient (Wildman–Crippen LogP) is 19.4. The molecule has 0 fully saturated rings. The molecule has 0 aliphatic rings. The number of rotatable bonds is 56. The quantitative estimate of drug-likeness (QED) is 0.0156. The standard InChI is InChI=1S/C66H119N2O7P/c1-7-10-13-16-19-22-25-28-30-31-32-33-34-35-36-37-39-41-44-47-50-53-56-59-66(70)75-64(57-54-51-48-45-42-27-24-21-18-15-12-9-3)63(62-74-76(71,72)73-61-60-68(4,5)6)67-65(69)58-55-52-49-46-43-40-38-29-26-23-20-17-14-11-8-2/h19-20,22-23,26,28-30,32-33,35-36,54,57,63-64H,7-18,21,24-25,27,31,34,37-53,55-56,58-62H2,1-6H3,(H-,67,69,71,72)/p+1/b22-19-,23-20+,29-26+,30-28-,33-32-,36-35-,57-54-. The molecule has 0 heterocycles. The summed E-state index contributed by atoms with van der Waals surface area (Å²) in [4.78, 5) is 37.7. The minimum Gasteiger partial charge on any atom is -0.456 e. The summed E-state index contributed by atoms with van der Waals surface area (Å²) in [5.41, 5.74) is 0. The Balaban J connectivity index is 5.25. The maximum absolute atomic E-state index is 13.5. The molecule has 9 nitrogen and oxygen atoms in total. The summed E-state index contributed by atoms with van der Waals surface area (Å²) < 4.78 is 30.7. The number of likely N-dealkylation sites (N-methyl/N-ethyl adjacent to an activating group) is 1. The summed E-state index contributed by atoms with van der Waals surface area (Å²) in [6, 6.07) is -0.863. The van der Waals surface area contributed by atoms with E-state index in [0.29, 0.717) is 17.4 Å². The molecule has 0 bridgehead atoms. The second-order valence-corrected chi connectivity index (χ2v) is 23.7. The molecule has 0 saturated carbocycles. The van der Waals surface area contributed by atoms with Gasteiger partial charge >= 0.3 is 13.8 Å². The molecule has 3 atom stereocenters. The van der Waals surface area contributed by atoms with E-state index in [1.807, 2.05) is 33.3 Å². The summed E-state index contributed by atoms with van der Waals surface area (Å²) in [6.45, 7) is 6.94. The molecular weight excluding hydrogens is 964 g/mol. The SMILES string of the molecule is CCCCC/C=C\C/C=C\C/C=C\C/C=C\CCCCCCCCCC(=O)OC(/C=C\CCCCCCCCCCCC)C(COP(=O)(O)OCC[N+](C)(C)C)NC(=O)CCCCCCCC/C=C/C=C/CCCCC. The first-order valence-corrected chi connectivity index (χ1v) is 32.9. The number of amides is 1. The second-order valence-electron chi connectivity index (χ2n) is 22.3. The predicted molar refractivity (Wildman–Crippen MR) is 328 cm³/mol. The Morgan fingerprint density at radius 2 is 0.842 bits per heavy atom. The van der Waals surface area contributed by atoms with Crippen LogP contribution in [0, 0.1) is 0 Å². The Hall–Kier alpha value is -2.81. The minimum atomic E-state index is -4.46. The number of hydrogen-bond donors (Lipinski definition) is 2. The zero-order valence-electron chi connectivity index (χ0n) is 50.2. The van der Waals surface area contributed by atoms with Crippen molar-refractivity contribution in [1.29, 1.82) is 0 Å². The second kappa shape index (κ2) is 55.5. The van der Waals surface area contributed by atoms with Crippen molar-refractivity contribution in [2.45, 2.75) is 283 Å². The molecule has 0 aromatic rings. The first-order chi connectivity index (χ1) is 36.9. The topological polar surface area (TPSA) is 111 Å². The van der Waals surface area contributed by atoms with Gasteiger partial charge in [-0.15, -0.1) is 0 Å². The molecule has 0 aliphatic carbocycles. The van der Waals surface area contributed by atoms with Crippen LogP contribution < -0.4 is 5.32 Å². The van der Waals surface area contributed by atoms with Gasteiger partial charge in [0.2, 0.25) is 5.91 Å². The summed E-state index contributed by atoms with van der Waals surface area (Å²) in [7, 11) is 1.47. The van der Waals surface area contributed by atoms with E-state index in [9.17, 15) is 19.0 Å². The van der Waals surface area contributed by atoms with Crippen LogP contribution in [0.4, 0.5) is 0 Å². The third kappa shape index (κ3) is 55.9. The molecule has 1 amide bonds. The number of nitrogens with one attached hydrogen (secondary N) is 1. The maximum Gasteiger partial charge on any atom is 0.472 e. The van der Waals surface area contributed by atoms with E-state index in [0.717, 1.165) is 116 Å². The number of allylic oxidation sites excluding steroid dienone is 13. The van der Waals surface area contributed by atoms with Gasteiger partial charge in [0.15, 0.2) is 0 Å². The molecule has 440 valence electrons. The van der Waals surface area contributed by atoms with Crippen molar-refractivity contribution in [3.8, 4) is 0 Å². The van der Waals surface area contributed by atoms with Crippen molar-refractivity contribution < 1.29 is 37.3 Å². The lowest BCUT2D eigenvalue weighted by molar-refractivity contribution is -0.870. The summed E-state index contributed by atoms with van der Waals surface area (Å²) in [5.74, 6) is -0.531. The van der Waals surface area contributed by atoms with E-state index in [4.69, 9.17) is 13.8 Å². The number of phosphoric ester groups is 1. The van der Waals surface area contributed by atoms with Gasteiger partial charge in [-0.05, 0) is 102 Å². The van der Waals surface area contributed by atoms with Gasteiger partial charge < -0.3 is 19.4 Å². The number of carbonyl (C=O) groups is 2. The zero-order valence-corrected chi connectivity index (χ0v) is 51.1. The molecule has 76 heavy (non-hydrogen) atoms. The number of nitrogens with zero attached hydrogens (tertiary/aromatic N) is 1. The smallest absolute Gasteiger partial charge is 0.456 e. The number of quaternary nitrogens is 1. The molecule has 10 heteroatoms. The third-order valence-electron chi connectivity index (χ3n) is 13.6. The average Bonchev–Trinajstić information content (AvgIpc) is 3.38. The molecular formula is C66H120N2O7P+. The van der Waals surface area contributed by atoms with Gasteiger partial charge in [0, 0.05) is 12.8 Å². The maximum atomic E-state index is 13.5. The number of hydrogen-bond acceptors (Lipinski definition) is 6. The van der Waals surface area contributed by atoms with Crippen LogP contribution in [-0.2, 0) is 27.9 Å². The molecule has 0 aromatic heterocycles. The Labute approximate surface area is 469 Å². The van der Waals surface area contributed by atoms with Crippen molar-refractivity contribution in [1.82, 2.24) is 5.32 Å². The van der Waals surface area contributed by atoms with Gasteiger partial charge in [-0.25, -0.2) is 4.57 Å². The largest absolute Gasteiger partial charge is 0.472 e. The highest BCUT2D eigenvalue weighted by Gasteiger charge is 2.30. The fourth-order valence-corrected chi connectivity index (χ4v) is 9.41. The van der Waals surface area contributed by atoms with Crippen LogP contribution in [0.25, 0.3) is 0 Å². The van der Waals surface area contributed by atoms with E-state index in [-0.39, 0.29) is 31.5 Å². The van der Waals surface area contributed by atoms with Crippen LogP contribution in [-0.4, -0.2) is 74.3 Å². The highest BCUT2D eigenvalue weighted by molar-refractivity contribution is 7.47. The molecule has 3 unspecified atom stereocenters. The Morgan fingerprint density at radius 3 is 1.30 bits per heavy atom. The summed E-state index contributed by atoms with van der Waals surface area (Å²) in [5, 5.41) is 3.05. The van der Waals surface area contributed by atoms with E-state index in [1.165, 1.54) is 122 Å². The van der Waals surface area contributed by atoms with Gasteiger partial charge in [-0.2, -0.15) is 0 Å². The van der Waals surface area contributed by atoms with E-state index in [2.05, 4.69) is 99.0 Å². The van der Waals surface area contributed by atoms with E-state index in [1.54, 1.807) is 0 Å². The molecule has 0 aliphatic heterocycles. The molecule has 0 aromatic carbocycles. The van der Waals surface area contributed by atoms with Gasteiger partial charge in [0.1, 0.15) is 19.3 Å². The monoisotopic (exact) mass is 1080 g/mol. The van der Waals surface area contributed by atoms with Gasteiger partial charge in [-0.3, -0.25) is 18.6 Å². The van der Waals surface area contributed by atoms with E-state index >= 15 is 0 Å². The Morgan fingerprint density at radius 1 is 0.474 bits per heavy atom.